The van der Waals surface area contributed by atoms with Gasteiger partial charge in [0.25, 0.3) is 0 Å². The third-order valence-corrected chi connectivity index (χ3v) is 4.47. The van der Waals surface area contributed by atoms with Crippen LogP contribution in [-0.2, 0) is 9.59 Å². The van der Waals surface area contributed by atoms with Gasteiger partial charge in [-0.3, -0.25) is 9.59 Å². The molecule has 7 nitrogen and oxygen atoms in total. The van der Waals surface area contributed by atoms with Crippen LogP contribution in [0.5, 0.6) is 11.5 Å². The summed E-state index contributed by atoms with van der Waals surface area (Å²) in [7, 11) is 0. The number of hydrogen-bond acceptors (Lipinski definition) is 5. The van der Waals surface area contributed by atoms with E-state index in [1.54, 1.807) is 18.2 Å². The van der Waals surface area contributed by atoms with Crippen molar-refractivity contribution < 1.29 is 19.1 Å². The highest BCUT2D eigenvalue weighted by molar-refractivity contribution is 6.39. The number of rotatable bonds is 5. The van der Waals surface area contributed by atoms with Gasteiger partial charge in [-0.2, -0.15) is 0 Å². The third kappa shape index (κ3) is 4.88. The molecule has 0 bridgehead atoms. The number of carbonyl (C=O) groups is 2. The molecule has 3 aromatic rings. The largest absolute Gasteiger partial charge is 0.486 e. The first-order valence-electron chi connectivity index (χ1n) is 9.57. The number of hydrogen-bond donors (Lipinski definition) is 3. The van der Waals surface area contributed by atoms with E-state index in [0.29, 0.717) is 23.8 Å². The summed E-state index contributed by atoms with van der Waals surface area (Å²) >= 11 is 0. The van der Waals surface area contributed by atoms with Gasteiger partial charge in [0.2, 0.25) is 0 Å². The van der Waals surface area contributed by atoms with Gasteiger partial charge in [0.05, 0.1) is 6.54 Å². The molecule has 4 rings (SSSR count). The van der Waals surface area contributed by atoms with Crippen molar-refractivity contribution in [3.05, 3.63) is 78.9 Å². The molecule has 1 aliphatic rings. The van der Waals surface area contributed by atoms with E-state index in [2.05, 4.69) is 16.0 Å². The van der Waals surface area contributed by atoms with Gasteiger partial charge in [-0.05, 0) is 48.5 Å². The zero-order valence-electron chi connectivity index (χ0n) is 16.1. The molecule has 0 aromatic heterocycles. The Morgan fingerprint density at radius 3 is 2.17 bits per heavy atom. The van der Waals surface area contributed by atoms with Gasteiger partial charge in [0, 0.05) is 17.1 Å². The molecule has 0 saturated carbocycles. The summed E-state index contributed by atoms with van der Waals surface area (Å²) in [6, 6.07) is 24.2. The fraction of sp³-hybridized carbons (Fsp3) is 0.130. The Kier molecular flexibility index (Phi) is 5.80. The maximum Gasteiger partial charge on any atom is 0.313 e. The molecule has 3 N–H and O–H groups in total. The van der Waals surface area contributed by atoms with E-state index in [1.165, 1.54) is 0 Å². The van der Waals surface area contributed by atoms with Gasteiger partial charge in [-0.1, -0.05) is 30.3 Å². The Bertz CT molecular complexity index is 1020. The van der Waals surface area contributed by atoms with Crippen LogP contribution in [0.3, 0.4) is 0 Å². The van der Waals surface area contributed by atoms with E-state index in [0.717, 1.165) is 11.4 Å². The maximum atomic E-state index is 12.1. The average molecular weight is 403 g/mol. The van der Waals surface area contributed by atoms with Crippen LogP contribution in [0.4, 0.5) is 17.1 Å². The topological polar surface area (TPSA) is 88.7 Å². The third-order valence-electron chi connectivity index (χ3n) is 4.47. The first-order valence-corrected chi connectivity index (χ1v) is 9.57. The quantitative estimate of drug-likeness (QED) is 0.569. The minimum Gasteiger partial charge on any atom is -0.486 e. The summed E-state index contributed by atoms with van der Waals surface area (Å²) < 4.78 is 11.4. The summed E-state index contributed by atoms with van der Waals surface area (Å²) in [5.74, 6) is -0.181. The first kappa shape index (κ1) is 19.3. The van der Waals surface area contributed by atoms with Gasteiger partial charge < -0.3 is 25.4 Å². The Morgan fingerprint density at radius 2 is 1.40 bits per heavy atom. The first-order chi connectivity index (χ1) is 14.7. The second-order valence-electron chi connectivity index (χ2n) is 6.73. The number of amides is 2. The summed E-state index contributed by atoms with van der Waals surface area (Å²) in [5.41, 5.74) is 2.36. The molecule has 1 aliphatic heterocycles. The van der Waals surface area contributed by atoms with Crippen molar-refractivity contribution in [3.8, 4) is 11.5 Å². The predicted molar refractivity (Wildman–Crippen MR) is 114 cm³/mol. The normalized spacial score (nSPS) is 14.5. The lowest BCUT2D eigenvalue weighted by Crippen LogP contribution is -2.44. The number of ether oxygens (including phenoxy) is 2. The highest BCUT2D eigenvalue weighted by Crippen LogP contribution is 2.30. The summed E-state index contributed by atoms with van der Waals surface area (Å²) in [6.45, 7) is 0.468. The number of benzene rings is 3. The minimum atomic E-state index is -0.740. The Balaban J connectivity index is 1.25. The molecular formula is C23H21N3O4. The SMILES string of the molecule is O=C(NCC1COc2ccccc2O1)C(=O)Nc1ccc(Nc2ccccc2)cc1. The van der Waals surface area contributed by atoms with E-state index in [1.807, 2.05) is 60.7 Å². The average Bonchev–Trinajstić information content (AvgIpc) is 2.79. The lowest BCUT2D eigenvalue weighted by molar-refractivity contribution is -0.136. The lowest BCUT2D eigenvalue weighted by atomic mass is 10.2. The van der Waals surface area contributed by atoms with Gasteiger partial charge in [0.15, 0.2) is 11.5 Å². The van der Waals surface area contributed by atoms with Crippen LogP contribution in [0, 0.1) is 0 Å². The molecule has 0 aliphatic carbocycles. The van der Waals surface area contributed by atoms with Crippen molar-refractivity contribution in [1.29, 1.82) is 0 Å². The van der Waals surface area contributed by atoms with Crippen LogP contribution >= 0.6 is 0 Å². The Labute approximate surface area is 174 Å². The molecule has 0 radical (unpaired) electrons. The van der Waals surface area contributed by atoms with Gasteiger partial charge in [-0.25, -0.2) is 0 Å². The smallest absolute Gasteiger partial charge is 0.313 e. The Hall–Kier alpha value is -4.00. The summed E-state index contributed by atoms with van der Waals surface area (Å²) in [6.07, 6.45) is -0.361. The molecular weight excluding hydrogens is 382 g/mol. The van der Waals surface area contributed by atoms with Crippen LogP contribution in [-0.4, -0.2) is 31.1 Å². The zero-order valence-corrected chi connectivity index (χ0v) is 16.1. The highest BCUT2D eigenvalue weighted by Gasteiger charge is 2.22. The number of nitrogens with one attached hydrogen (secondary N) is 3. The van der Waals surface area contributed by atoms with E-state index < -0.39 is 11.8 Å². The summed E-state index contributed by atoms with van der Waals surface area (Å²) in [5, 5.41) is 8.42. The zero-order chi connectivity index (χ0) is 20.8. The fourth-order valence-corrected chi connectivity index (χ4v) is 2.96. The molecule has 0 fully saturated rings. The van der Waals surface area contributed by atoms with Crippen molar-refractivity contribution in [2.75, 3.05) is 23.8 Å². The molecule has 30 heavy (non-hydrogen) atoms. The van der Waals surface area contributed by atoms with Crippen molar-refractivity contribution in [3.63, 3.8) is 0 Å². The molecule has 1 unspecified atom stereocenters. The molecule has 2 amide bonds. The molecule has 0 saturated heterocycles. The van der Waals surface area contributed by atoms with Crippen LogP contribution in [0.2, 0.25) is 0 Å². The van der Waals surface area contributed by atoms with Crippen molar-refractivity contribution >= 4 is 28.9 Å². The van der Waals surface area contributed by atoms with Crippen LogP contribution < -0.4 is 25.4 Å². The van der Waals surface area contributed by atoms with E-state index >= 15 is 0 Å². The van der Waals surface area contributed by atoms with E-state index in [-0.39, 0.29) is 12.6 Å². The monoisotopic (exact) mass is 403 g/mol. The molecule has 0 spiro atoms. The lowest BCUT2D eigenvalue weighted by Gasteiger charge is -2.26. The molecule has 152 valence electrons. The number of para-hydroxylation sites is 3. The van der Waals surface area contributed by atoms with Crippen molar-refractivity contribution in [2.45, 2.75) is 6.10 Å². The van der Waals surface area contributed by atoms with Crippen LogP contribution in [0.25, 0.3) is 0 Å². The predicted octanol–water partition coefficient (Wildman–Crippen LogP) is 3.32. The molecule has 1 atom stereocenters. The second kappa shape index (κ2) is 9.00. The Morgan fingerprint density at radius 1 is 0.767 bits per heavy atom. The number of carbonyl (C=O) groups excluding carboxylic acids is 2. The number of anilines is 3. The molecule has 7 heteroatoms. The minimum absolute atomic E-state index is 0.167. The highest BCUT2D eigenvalue weighted by atomic mass is 16.6. The fourth-order valence-electron chi connectivity index (χ4n) is 2.96. The van der Waals surface area contributed by atoms with Crippen LogP contribution in [0.15, 0.2) is 78.9 Å². The van der Waals surface area contributed by atoms with Gasteiger partial charge in [-0.15, -0.1) is 0 Å². The van der Waals surface area contributed by atoms with Gasteiger partial charge in [0.1, 0.15) is 12.7 Å². The molecule has 1 heterocycles. The van der Waals surface area contributed by atoms with Crippen LogP contribution in [0.1, 0.15) is 0 Å². The summed E-state index contributed by atoms with van der Waals surface area (Å²) in [4.78, 5) is 24.3. The second-order valence-corrected chi connectivity index (χ2v) is 6.73. The van der Waals surface area contributed by atoms with Crippen molar-refractivity contribution in [2.24, 2.45) is 0 Å². The van der Waals surface area contributed by atoms with Crippen molar-refractivity contribution in [1.82, 2.24) is 5.32 Å². The number of fused-ring (bicyclic) bond motifs is 1. The molecule has 3 aromatic carbocycles. The maximum absolute atomic E-state index is 12.1. The standard InChI is InChI=1S/C23H21N3O4/c27-22(24-14-19-15-29-20-8-4-5-9-21(20)30-19)23(28)26-18-12-10-17(11-13-18)25-16-6-2-1-3-7-16/h1-13,19,25H,14-15H2,(H,24,27)(H,26,28). The van der Waals surface area contributed by atoms with Gasteiger partial charge >= 0.3 is 11.8 Å². The van der Waals surface area contributed by atoms with E-state index in [9.17, 15) is 9.59 Å². The van der Waals surface area contributed by atoms with E-state index in [4.69, 9.17) is 9.47 Å².